The monoisotopic (exact) mass is 383 g/mol. The number of unbranched alkanes of at least 4 members (excludes halogenated alkanes) is 12. The Bertz CT molecular complexity index is 304. The fraction of sp³-hybridized carbons (Fsp3) is 0.958. The zero-order valence-electron chi connectivity index (χ0n) is 18.8. The highest BCUT2D eigenvalue weighted by atomic mass is 16.4. The summed E-state index contributed by atoms with van der Waals surface area (Å²) in [6, 6.07) is 0.236. The molecule has 1 N–H and O–H groups in total. The van der Waals surface area contributed by atoms with Crippen LogP contribution in [0.4, 0.5) is 0 Å². The van der Waals surface area contributed by atoms with Crippen LogP contribution in [0.5, 0.6) is 0 Å². The Labute approximate surface area is 170 Å². The van der Waals surface area contributed by atoms with Crippen molar-refractivity contribution in [1.29, 1.82) is 0 Å². The average molecular weight is 384 g/mol. The molecule has 0 fully saturated rings. The van der Waals surface area contributed by atoms with E-state index in [1.165, 1.54) is 89.9 Å². The molecule has 3 heteroatoms. The number of aliphatic carboxylic acids is 1. The van der Waals surface area contributed by atoms with Gasteiger partial charge in [-0.2, -0.15) is 0 Å². The van der Waals surface area contributed by atoms with Crippen LogP contribution in [0.1, 0.15) is 130 Å². The Morgan fingerprint density at radius 1 is 0.667 bits per heavy atom. The van der Waals surface area contributed by atoms with Crippen LogP contribution in [0, 0.1) is 0 Å². The molecule has 1 unspecified atom stereocenters. The van der Waals surface area contributed by atoms with Crippen molar-refractivity contribution in [1.82, 2.24) is 4.90 Å². The van der Waals surface area contributed by atoms with Gasteiger partial charge in [0.05, 0.1) is 6.42 Å². The van der Waals surface area contributed by atoms with E-state index in [0.29, 0.717) is 6.42 Å². The van der Waals surface area contributed by atoms with Crippen LogP contribution >= 0.6 is 0 Å². The standard InChI is InChI=1S/C24H49NO2/c1-4-7-10-12-14-17-20-25(21-18-15-13-11-8-5-2)23(22-24(26)27)19-16-9-6-3/h23H,4-22H2,1-3H3,(H,26,27). The zero-order valence-corrected chi connectivity index (χ0v) is 18.8. The van der Waals surface area contributed by atoms with Crippen molar-refractivity contribution in [3.63, 3.8) is 0 Å². The molecule has 27 heavy (non-hydrogen) atoms. The van der Waals surface area contributed by atoms with Gasteiger partial charge in [0, 0.05) is 6.04 Å². The molecule has 0 radical (unpaired) electrons. The molecule has 0 aromatic heterocycles. The predicted molar refractivity (Wildman–Crippen MR) is 119 cm³/mol. The lowest BCUT2D eigenvalue weighted by Gasteiger charge is -2.31. The van der Waals surface area contributed by atoms with Crippen molar-refractivity contribution in [2.45, 2.75) is 136 Å². The molecule has 0 aromatic rings. The minimum absolute atomic E-state index is 0.236. The van der Waals surface area contributed by atoms with Gasteiger partial charge >= 0.3 is 5.97 Å². The molecule has 0 amide bonds. The molecular formula is C24H49NO2. The van der Waals surface area contributed by atoms with Gasteiger partial charge in [-0.05, 0) is 32.4 Å². The molecular weight excluding hydrogens is 334 g/mol. The molecule has 0 bridgehead atoms. The number of carbonyl (C=O) groups is 1. The maximum absolute atomic E-state index is 11.4. The normalized spacial score (nSPS) is 12.6. The second-order valence-electron chi connectivity index (χ2n) is 8.32. The lowest BCUT2D eigenvalue weighted by Crippen LogP contribution is -2.38. The van der Waals surface area contributed by atoms with Crippen molar-refractivity contribution in [3.8, 4) is 0 Å². The molecule has 162 valence electrons. The number of hydrogen-bond acceptors (Lipinski definition) is 2. The molecule has 0 rings (SSSR count). The molecule has 0 aliphatic carbocycles. The summed E-state index contributed by atoms with van der Waals surface area (Å²) in [5, 5.41) is 9.40. The number of carboxylic acid groups (broad SMARTS) is 1. The Morgan fingerprint density at radius 2 is 1.07 bits per heavy atom. The first-order chi connectivity index (χ1) is 13.2. The largest absolute Gasteiger partial charge is 0.481 e. The van der Waals surface area contributed by atoms with E-state index in [4.69, 9.17) is 0 Å². The second kappa shape index (κ2) is 20.2. The Balaban J connectivity index is 4.45. The quantitative estimate of drug-likeness (QED) is 0.209. The summed E-state index contributed by atoms with van der Waals surface area (Å²) in [7, 11) is 0. The van der Waals surface area contributed by atoms with Gasteiger partial charge in [-0.15, -0.1) is 0 Å². The number of carboxylic acids is 1. The maximum atomic E-state index is 11.4. The van der Waals surface area contributed by atoms with E-state index < -0.39 is 5.97 Å². The van der Waals surface area contributed by atoms with Gasteiger partial charge in [0.25, 0.3) is 0 Å². The molecule has 0 aliphatic rings. The summed E-state index contributed by atoms with van der Waals surface area (Å²) in [6.07, 6.45) is 20.6. The van der Waals surface area contributed by atoms with E-state index in [-0.39, 0.29) is 6.04 Å². The van der Waals surface area contributed by atoms with Crippen LogP contribution in [0.25, 0.3) is 0 Å². The van der Waals surface area contributed by atoms with Gasteiger partial charge in [-0.25, -0.2) is 0 Å². The topological polar surface area (TPSA) is 40.5 Å². The van der Waals surface area contributed by atoms with E-state index in [9.17, 15) is 9.90 Å². The Hall–Kier alpha value is -0.570. The number of nitrogens with zero attached hydrogens (tertiary/aromatic N) is 1. The lowest BCUT2D eigenvalue weighted by atomic mass is 10.0. The van der Waals surface area contributed by atoms with Crippen molar-refractivity contribution in [3.05, 3.63) is 0 Å². The summed E-state index contributed by atoms with van der Waals surface area (Å²) in [5.41, 5.74) is 0. The SMILES string of the molecule is CCCCCCCCN(CCCCCCCC)C(CCCCC)CC(=O)O. The van der Waals surface area contributed by atoms with E-state index in [0.717, 1.165) is 25.9 Å². The van der Waals surface area contributed by atoms with Crippen LogP contribution < -0.4 is 0 Å². The highest BCUT2D eigenvalue weighted by molar-refractivity contribution is 5.67. The Kier molecular flexibility index (Phi) is 19.7. The van der Waals surface area contributed by atoms with Gasteiger partial charge in [0.15, 0.2) is 0 Å². The summed E-state index contributed by atoms with van der Waals surface area (Å²) in [4.78, 5) is 13.9. The third-order valence-electron chi connectivity index (χ3n) is 5.67. The molecule has 0 aromatic carbocycles. The molecule has 0 aliphatic heterocycles. The Morgan fingerprint density at radius 3 is 1.52 bits per heavy atom. The highest BCUT2D eigenvalue weighted by Gasteiger charge is 2.20. The van der Waals surface area contributed by atoms with E-state index in [1.54, 1.807) is 0 Å². The van der Waals surface area contributed by atoms with Gasteiger partial charge in [-0.3, -0.25) is 9.69 Å². The van der Waals surface area contributed by atoms with Crippen molar-refractivity contribution < 1.29 is 9.90 Å². The molecule has 1 atom stereocenters. The van der Waals surface area contributed by atoms with Gasteiger partial charge < -0.3 is 5.11 Å². The highest BCUT2D eigenvalue weighted by Crippen LogP contribution is 2.17. The van der Waals surface area contributed by atoms with E-state index >= 15 is 0 Å². The number of hydrogen-bond donors (Lipinski definition) is 1. The molecule has 0 heterocycles. The van der Waals surface area contributed by atoms with Gasteiger partial charge in [0.1, 0.15) is 0 Å². The second-order valence-corrected chi connectivity index (χ2v) is 8.32. The first kappa shape index (κ1) is 26.4. The van der Waals surface area contributed by atoms with Crippen LogP contribution in [-0.4, -0.2) is 35.1 Å². The van der Waals surface area contributed by atoms with Crippen LogP contribution in [0.3, 0.4) is 0 Å². The summed E-state index contributed by atoms with van der Waals surface area (Å²) in [6.45, 7) is 8.91. The molecule has 0 saturated carbocycles. The molecule has 3 nitrogen and oxygen atoms in total. The third kappa shape index (κ3) is 17.3. The summed E-state index contributed by atoms with van der Waals surface area (Å²) >= 11 is 0. The fourth-order valence-corrected chi connectivity index (χ4v) is 3.91. The average Bonchev–Trinajstić information content (AvgIpc) is 2.64. The van der Waals surface area contributed by atoms with Crippen LogP contribution in [0.2, 0.25) is 0 Å². The lowest BCUT2D eigenvalue weighted by molar-refractivity contribution is -0.138. The predicted octanol–water partition coefficient (Wildman–Crippen LogP) is 7.43. The third-order valence-corrected chi connectivity index (χ3v) is 5.67. The fourth-order valence-electron chi connectivity index (χ4n) is 3.91. The zero-order chi connectivity index (χ0) is 20.2. The van der Waals surface area contributed by atoms with Crippen molar-refractivity contribution >= 4 is 5.97 Å². The number of rotatable bonds is 21. The minimum Gasteiger partial charge on any atom is -0.481 e. The van der Waals surface area contributed by atoms with Gasteiger partial charge in [-0.1, -0.05) is 104 Å². The maximum Gasteiger partial charge on any atom is 0.304 e. The van der Waals surface area contributed by atoms with E-state index in [1.807, 2.05) is 0 Å². The first-order valence-corrected chi connectivity index (χ1v) is 12.1. The van der Waals surface area contributed by atoms with Crippen molar-refractivity contribution in [2.24, 2.45) is 0 Å². The van der Waals surface area contributed by atoms with Crippen molar-refractivity contribution in [2.75, 3.05) is 13.1 Å². The smallest absolute Gasteiger partial charge is 0.304 e. The summed E-state index contributed by atoms with van der Waals surface area (Å²) < 4.78 is 0. The van der Waals surface area contributed by atoms with Gasteiger partial charge in [0.2, 0.25) is 0 Å². The van der Waals surface area contributed by atoms with E-state index in [2.05, 4.69) is 25.7 Å². The van der Waals surface area contributed by atoms with Crippen LogP contribution in [0.15, 0.2) is 0 Å². The first-order valence-electron chi connectivity index (χ1n) is 12.1. The summed E-state index contributed by atoms with van der Waals surface area (Å²) in [5.74, 6) is -0.632. The minimum atomic E-state index is -0.632. The molecule has 0 spiro atoms. The molecule has 0 saturated heterocycles. The van der Waals surface area contributed by atoms with Crippen LogP contribution in [-0.2, 0) is 4.79 Å².